The van der Waals surface area contributed by atoms with Crippen molar-refractivity contribution in [2.24, 2.45) is 5.11 Å². The van der Waals surface area contributed by atoms with Crippen molar-refractivity contribution >= 4 is 5.69 Å². The quantitative estimate of drug-likeness (QED) is 0.463. The van der Waals surface area contributed by atoms with Crippen LogP contribution in [0.2, 0.25) is 0 Å². The first-order valence-corrected chi connectivity index (χ1v) is 6.46. The Morgan fingerprint density at radius 2 is 2.00 bits per heavy atom. The smallest absolute Gasteiger partial charge is 0.142 e. The van der Waals surface area contributed by atoms with Gasteiger partial charge in [0.1, 0.15) is 5.75 Å². The Balaban J connectivity index is 1.90. The van der Waals surface area contributed by atoms with Crippen LogP contribution in [0.3, 0.4) is 0 Å². The van der Waals surface area contributed by atoms with Gasteiger partial charge in [-0.15, -0.1) is 0 Å². The molecule has 0 saturated carbocycles. The molecule has 1 saturated heterocycles. The largest absolute Gasteiger partial charge is 0.495 e. The number of piperazine rings is 1. The van der Waals surface area contributed by atoms with Gasteiger partial charge in [-0.25, -0.2) is 0 Å². The third kappa shape index (κ3) is 3.53. The lowest BCUT2D eigenvalue weighted by Gasteiger charge is -2.36. The maximum absolute atomic E-state index is 8.26. The summed E-state index contributed by atoms with van der Waals surface area (Å²) in [6.07, 6.45) is 0. The van der Waals surface area contributed by atoms with Gasteiger partial charge in [0, 0.05) is 44.2 Å². The summed E-state index contributed by atoms with van der Waals surface area (Å²) in [7, 11) is 1.70. The van der Waals surface area contributed by atoms with E-state index in [1.165, 1.54) is 0 Å². The van der Waals surface area contributed by atoms with Crippen LogP contribution >= 0.6 is 0 Å². The molecule has 0 aliphatic carbocycles. The fraction of sp³-hybridized carbons (Fsp3) is 0.538. The van der Waals surface area contributed by atoms with E-state index in [1.807, 2.05) is 18.2 Å². The number of benzene rings is 1. The molecule has 2 rings (SSSR count). The second-order valence-corrected chi connectivity index (χ2v) is 4.46. The minimum atomic E-state index is 0.547. The molecule has 6 heteroatoms. The van der Waals surface area contributed by atoms with Gasteiger partial charge in [-0.3, -0.25) is 4.90 Å². The minimum Gasteiger partial charge on any atom is -0.495 e. The molecule has 1 aliphatic heterocycles. The zero-order chi connectivity index (χ0) is 13.5. The fourth-order valence-corrected chi connectivity index (χ4v) is 2.33. The second kappa shape index (κ2) is 6.87. The van der Waals surface area contributed by atoms with Gasteiger partial charge >= 0.3 is 0 Å². The van der Waals surface area contributed by atoms with Crippen LogP contribution in [0.1, 0.15) is 0 Å². The van der Waals surface area contributed by atoms with Crippen LogP contribution in [-0.2, 0) is 0 Å². The number of nitrogens with zero attached hydrogens (tertiary/aromatic N) is 5. The molecule has 19 heavy (non-hydrogen) atoms. The third-order valence-electron chi connectivity index (χ3n) is 3.38. The first kappa shape index (κ1) is 13.5. The van der Waals surface area contributed by atoms with Crippen molar-refractivity contribution in [3.63, 3.8) is 0 Å². The average Bonchev–Trinajstić information content (AvgIpc) is 2.48. The molecule has 0 atom stereocenters. The van der Waals surface area contributed by atoms with Crippen LogP contribution in [0.5, 0.6) is 5.75 Å². The minimum absolute atomic E-state index is 0.547. The van der Waals surface area contributed by atoms with E-state index >= 15 is 0 Å². The third-order valence-corrected chi connectivity index (χ3v) is 3.38. The Labute approximate surface area is 113 Å². The summed E-state index contributed by atoms with van der Waals surface area (Å²) < 4.78 is 5.39. The number of methoxy groups -OCH3 is 1. The van der Waals surface area contributed by atoms with E-state index in [-0.39, 0.29) is 0 Å². The zero-order valence-corrected chi connectivity index (χ0v) is 11.2. The van der Waals surface area contributed by atoms with Crippen molar-refractivity contribution in [2.75, 3.05) is 51.3 Å². The van der Waals surface area contributed by atoms with Crippen molar-refractivity contribution in [1.82, 2.24) is 4.90 Å². The van der Waals surface area contributed by atoms with Crippen molar-refractivity contribution in [3.05, 3.63) is 34.7 Å². The molecule has 0 aromatic heterocycles. The topological polar surface area (TPSA) is 64.5 Å². The molecule has 0 spiro atoms. The van der Waals surface area contributed by atoms with Gasteiger partial charge in [0.05, 0.1) is 12.8 Å². The molecule has 0 bridgehead atoms. The Kier molecular flexibility index (Phi) is 4.89. The summed E-state index contributed by atoms with van der Waals surface area (Å²) in [4.78, 5) is 7.43. The predicted octanol–water partition coefficient (Wildman–Crippen LogP) is 2.13. The molecule has 1 fully saturated rings. The maximum atomic E-state index is 8.26. The van der Waals surface area contributed by atoms with E-state index in [0.717, 1.165) is 44.2 Å². The van der Waals surface area contributed by atoms with Crippen LogP contribution in [0.15, 0.2) is 29.4 Å². The number of ether oxygens (including phenoxy) is 1. The zero-order valence-electron chi connectivity index (χ0n) is 11.2. The van der Waals surface area contributed by atoms with Crippen LogP contribution in [0.4, 0.5) is 5.69 Å². The predicted molar refractivity (Wildman–Crippen MR) is 75.7 cm³/mol. The van der Waals surface area contributed by atoms with Crippen molar-refractivity contribution in [3.8, 4) is 5.75 Å². The first-order chi connectivity index (χ1) is 9.35. The molecule has 102 valence electrons. The van der Waals surface area contributed by atoms with Crippen LogP contribution in [0, 0.1) is 0 Å². The van der Waals surface area contributed by atoms with Gasteiger partial charge in [0.15, 0.2) is 0 Å². The van der Waals surface area contributed by atoms with Crippen molar-refractivity contribution in [1.29, 1.82) is 0 Å². The SMILES string of the molecule is COc1ccccc1N1CCN(CCN=[N+]=[N-])CC1. The van der Waals surface area contributed by atoms with Gasteiger partial charge in [0.2, 0.25) is 0 Å². The molecular formula is C13H19N5O. The number of para-hydroxylation sites is 2. The molecule has 1 aliphatic rings. The summed E-state index contributed by atoms with van der Waals surface area (Å²) in [5.41, 5.74) is 9.41. The van der Waals surface area contributed by atoms with E-state index in [4.69, 9.17) is 10.3 Å². The number of hydrogen-bond acceptors (Lipinski definition) is 4. The number of azide groups is 1. The molecule has 0 unspecified atom stereocenters. The molecule has 1 aromatic rings. The van der Waals surface area contributed by atoms with Crippen LogP contribution in [-0.4, -0.2) is 51.3 Å². The van der Waals surface area contributed by atoms with Crippen LogP contribution < -0.4 is 9.64 Å². The van der Waals surface area contributed by atoms with Gasteiger partial charge < -0.3 is 9.64 Å². The molecular weight excluding hydrogens is 242 g/mol. The fourth-order valence-electron chi connectivity index (χ4n) is 2.33. The number of anilines is 1. The molecule has 0 radical (unpaired) electrons. The maximum Gasteiger partial charge on any atom is 0.142 e. The summed E-state index contributed by atoms with van der Waals surface area (Å²) in [6, 6.07) is 8.10. The lowest BCUT2D eigenvalue weighted by molar-refractivity contribution is 0.264. The highest BCUT2D eigenvalue weighted by molar-refractivity contribution is 5.58. The van der Waals surface area contributed by atoms with Gasteiger partial charge in [-0.1, -0.05) is 17.2 Å². The normalized spacial score (nSPS) is 15.9. The Morgan fingerprint density at radius 3 is 2.68 bits per heavy atom. The second-order valence-electron chi connectivity index (χ2n) is 4.46. The lowest BCUT2D eigenvalue weighted by atomic mass is 10.2. The Hall–Kier alpha value is -1.91. The molecule has 1 heterocycles. The van der Waals surface area contributed by atoms with Gasteiger partial charge in [-0.05, 0) is 17.7 Å². The lowest BCUT2D eigenvalue weighted by Crippen LogP contribution is -2.47. The van der Waals surface area contributed by atoms with E-state index in [0.29, 0.717) is 6.54 Å². The van der Waals surface area contributed by atoms with Crippen molar-refractivity contribution < 1.29 is 4.74 Å². The molecule has 0 N–H and O–H groups in total. The summed E-state index contributed by atoms with van der Waals surface area (Å²) >= 11 is 0. The summed E-state index contributed by atoms with van der Waals surface area (Å²) in [5.74, 6) is 0.921. The molecule has 0 amide bonds. The highest BCUT2D eigenvalue weighted by atomic mass is 16.5. The highest BCUT2D eigenvalue weighted by Crippen LogP contribution is 2.28. The number of rotatable bonds is 5. The van der Waals surface area contributed by atoms with E-state index in [2.05, 4.69) is 25.9 Å². The van der Waals surface area contributed by atoms with E-state index < -0.39 is 0 Å². The van der Waals surface area contributed by atoms with Crippen LogP contribution in [0.25, 0.3) is 10.4 Å². The summed E-state index contributed by atoms with van der Waals surface area (Å²) in [5, 5.41) is 3.58. The van der Waals surface area contributed by atoms with E-state index in [9.17, 15) is 0 Å². The average molecular weight is 261 g/mol. The van der Waals surface area contributed by atoms with Gasteiger partial charge in [0.25, 0.3) is 0 Å². The highest BCUT2D eigenvalue weighted by Gasteiger charge is 2.18. The first-order valence-electron chi connectivity index (χ1n) is 6.46. The molecule has 1 aromatic carbocycles. The van der Waals surface area contributed by atoms with Crippen molar-refractivity contribution in [2.45, 2.75) is 0 Å². The number of hydrogen-bond donors (Lipinski definition) is 0. The standard InChI is InChI=1S/C13H19N5O/c1-19-13-5-3-2-4-12(13)18-10-8-17(9-11-18)7-6-15-16-14/h2-5H,6-11H2,1H3. The Bertz CT molecular complexity index is 450. The Morgan fingerprint density at radius 1 is 1.26 bits per heavy atom. The summed E-state index contributed by atoms with van der Waals surface area (Å²) in [6.45, 7) is 5.29. The van der Waals surface area contributed by atoms with Gasteiger partial charge in [-0.2, -0.15) is 0 Å². The van der Waals surface area contributed by atoms with E-state index in [1.54, 1.807) is 7.11 Å². The molecule has 6 nitrogen and oxygen atoms in total. The monoisotopic (exact) mass is 261 g/mol.